The van der Waals surface area contributed by atoms with E-state index in [1.165, 1.54) is 4.52 Å². The first-order valence-electron chi connectivity index (χ1n) is 3.53. The second-order valence-electron chi connectivity index (χ2n) is 2.45. The molecule has 0 unspecified atom stereocenters. The van der Waals surface area contributed by atoms with Crippen molar-refractivity contribution < 1.29 is 0 Å². The molecule has 2 aromatic heterocycles. The number of imidazole rings is 1. The third kappa shape index (κ3) is 0.768. The summed E-state index contributed by atoms with van der Waals surface area (Å²) < 4.78 is 1.54. The van der Waals surface area contributed by atoms with Gasteiger partial charge < -0.3 is 0 Å². The van der Waals surface area contributed by atoms with Gasteiger partial charge in [-0.05, 0) is 19.1 Å². The van der Waals surface area contributed by atoms with Gasteiger partial charge >= 0.3 is 0 Å². The first-order valence-corrected chi connectivity index (χ1v) is 3.53. The van der Waals surface area contributed by atoms with Crippen molar-refractivity contribution in [2.45, 2.75) is 6.92 Å². The first kappa shape index (κ1) is 6.80. The molecular weight excluding hydrogens is 152 g/mol. The average molecular weight is 158 g/mol. The normalized spacial score (nSPS) is 10.0. The van der Waals surface area contributed by atoms with E-state index >= 15 is 0 Å². The van der Waals surface area contributed by atoms with Crippen LogP contribution in [0.1, 0.15) is 11.4 Å². The van der Waals surface area contributed by atoms with Crippen LogP contribution >= 0.6 is 0 Å². The summed E-state index contributed by atoms with van der Waals surface area (Å²) in [7, 11) is 0. The fourth-order valence-corrected chi connectivity index (χ4v) is 1.13. The minimum Gasteiger partial charge on any atom is -0.231 e. The van der Waals surface area contributed by atoms with Gasteiger partial charge in [0, 0.05) is 6.20 Å². The lowest BCUT2D eigenvalue weighted by atomic mass is 10.4. The smallest absolute Gasteiger partial charge is 0.165 e. The van der Waals surface area contributed by atoms with Crippen molar-refractivity contribution in [3.05, 3.63) is 29.7 Å². The Morgan fingerprint density at radius 3 is 3.17 bits per heavy atom. The number of nitrogens with zero attached hydrogens (tertiary/aromatic N) is 4. The summed E-state index contributed by atoms with van der Waals surface area (Å²) in [6, 6.07) is 5.67. The maximum Gasteiger partial charge on any atom is 0.165 e. The van der Waals surface area contributed by atoms with Gasteiger partial charge in [-0.15, -0.1) is 0 Å². The van der Waals surface area contributed by atoms with Crippen LogP contribution in [0.4, 0.5) is 0 Å². The van der Waals surface area contributed by atoms with Crippen LogP contribution in [0.5, 0.6) is 0 Å². The molecule has 0 amide bonds. The van der Waals surface area contributed by atoms with Gasteiger partial charge in [-0.3, -0.25) is 0 Å². The van der Waals surface area contributed by atoms with Crippen molar-refractivity contribution in [3.8, 4) is 6.07 Å². The number of hydrogen-bond acceptors (Lipinski definition) is 3. The summed E-state index contributed by atoms with van der Waals surface area (Å²) in [4.78, 5) is 4.16. The zero-order valence-corrected chi connectivity index (χ0v) is 6.52. The van der Waals surface area contributed by atoms with Gasteiger partial charge in [-0.2, -0.15) is 10.4 Å². The molecule has 0 N–H and O–H groups in total. The Bertz CT molecular complexity index is 463. The summed E-state index contributed by atoms with van der Waals surface area (Å²) >= 11 is 0. The van der Waals surface area contributed by atoms with E-state index in [1.54, 1.807) is 19.2 Å². The first-order chi connectivity index (χ1) is 5.83. The zero-order valence-electron chi connectivity index (χ0n) is 6.52. The molecule has 0 aliphatic heterocycles. The molecule has 0 bridgehead atoms. The number of aromatic nitrogens is 3. The lowest BCUT2D eigenvalue weighted by Crippen LogP contribution is -1.92. The van der Waals surface area contributed by atoms with Crippen LogP contribution in [0.2, 0.25) is 0 Å². The summed E-state index contributed by atoms with van der Waals surface area (Å²) in [6.45, 7) is 1.80. The molecule has 0 radical (unpaired) electrons. The molecule has 2 aromatic rings. The molecule has 0 saturated heterocycles. The van der Waals surface area contributed by atoms with Gasteiger partial charge in [-0.1, -0.05) is 0 Å². The van der Waals surface area contributed by atoms with Crippen LogP contribution in [0, 0.1) is 18.3 Å². The van der Waals surface area contributed by atoms with E-state index in [9.17, 15) is 0 Å². The highest BCUT2D eigenvalue weighted by molar-refractivity contribution is 5.44. The summed E-state index contributed by atoms with van der Waals surface area (Å²) in [5, 5.41) is 12.8. The van der Waals surface area contributed by atoms with Gasteiger partial charge in [0.2, 0.25) is 0 Å². The molecule has 0 aliphatic carbocycles. The quantitative estimate of drug-likeness (QED) is 0.572. The predicted molar refractivity (Wildman–Crippen MR) is 42.4 cm³/mol. The molecule has 2 heterocycles. The fraction of sp³-hybridized carbons (Fsp3) is 0.125. The van der Waals surface area contributed by atoms with Gasteiger partial charge in [0.15, 0.2) is 11.3 Å². The molecule has 4 heteroatoms. The number of nitriles is 1. The second kappa shape index (κ2) is 2.31. The highest BCUT2D eigenvalue weighted by Crippen LogP contribution is 2.07. The molecule has 0 atom stereocenters. The predicted octanol–water partition coefficient (Wildman–Crippen LogP) is 0.909. The number of fused-ring (bicyclic) bond motifs is 1. The van der Waals surface area contributed by atoms with Gasteiger partial charge in [0.25, 0.3) is 0 Å². The van der Waals surface area contributed by atoms with Crippen LogP contribution in [0.15, 0.2) is 18.3 Å². The van der Waals surface area contributed by atoms with E-state index < -0.39 is 0 Å². The van der Waals surface area contributed by atoms with Crippen molar-refractivity contribution in [3.63, 3.8) is 0 Å². The van der Waals surface area contributed by atoms with E-state index in [2.05, 4.69) is 16.2 Å². The van der Waals surface area contributed by atoms with Crippen LogP contribution in [0.25, 0.3) is 5.65 Å². The van der Waals surface area contributed by atoms with E-state index in [0.717, 1.165) is 5.69 Å². The Hall–Kier alpha value is -1.89. The molecular formula is C8H6N4. The number of aryl methyl sites for hydroxylation is 1. The minimum atomic E-state index is 0.505. The van der Waals surface area contributed by atoms with Gasteiger partial charge in [-0.25, -0.2) is 9.50 Å². The Labute approximate surface area is 69.1 Å². The largest absolute Gasteiger partial charge is 0.231 e. The molecule has 0 saturated carbocycles. The SMILES string of the molecule is Cc1nc2cccnn2c1C#N. The van der Waals surface area contributed by atoms with E-state index in [1.807, 2.05) is 6.07 Å². The monoisotopic (exact) mass is 158 g/mol. The molecule has 0 aromatic carbocycles. The van der Waals surface area contributed by atoms with Crippen molar-refractivity contribution >= 4 is 5.65 Å². The highest BCUT2D eigenvalue weighted by Gasteiger charge is 2.06. The lowest BCUT2D eigenvalue weighted by Gasteiger charge is -1.89. The molecule has 0 aliphatic rings. The van der Waals surface area contributed by atoms with E-state index in [4.69, 9.17) is 5.26 Å². The maximum atomic E-state index is 8.75. The zero-order chi connectivity index (χ0) is 8.55. The van der Waals surface area contributed by atoms with E-state index in [0.29, 0.717) is 11.3 Å². The Morgan fingerprint density at radius 2 is 2.42 bits per heavy atom. The Balaban J connectivity index is 2.93. The topological polar surface area (TPSA) is 54.0 Å². The molecule has 4 nitrogen and oxygen atoms in total. The van der Waals surface area contributed by atoms with Crippen molar-refractivity contribution in [1.82, 2.24) is 14.6 Å². The lowest BCUT2D eigenvalue weighted by molar-refractivity contribution is 0.918. The van der Waals surface area contributed by atoms with Gasteiger partial charge in [0.1, 0.15) is 6.07 Å². The van der Waals surface area contributed by atoms with Crippen molar-refractivity contribution in [1.29, 1.82) is 5.26 Å². The third-order valence-corrected chi connectivity index (χ3v) is 1.67. The molecule has 58 valence electrons. The Kier molecular flexibility index (Phi) is 1.31. The van der Waals surface area contributed by atoms with Crippen molar-refractivity contribution in [2.24, 2.45) is 0 Å². The summed E-state index contributed by atoms with van der Waals surface area (Å²) in [6.07, 6.45) is 1.63. The van der Waals surface area contributed by atoms with E-state index in [-0.39, 0.29) is 0 Å². The van der Waals surface area contributed by atoms with Crippen molar-refractivity contribution in [2.75, 3.05) is 0 Å². The Morgan fingerprint density at radius 1 is 1.58 bits per heavy atom. The average Bonchev–Trinajstić information content (AvgIpc) is 2.40. The summed E-state index contributed by atoms with van der Waals surface area (Å²) in [5.74, 6) is 0. The van der Waals surface area contributed by atoms with Crippen LogP contribution in [-0.4, -0.2) is 14.6 Å². The highest BCUT2D eigenvalue weighted by atomic mass is 15.3. The van der Waals surface area contributed by atoms with Crippen LogP contribution in [-0.2, 0) is 0 Å². The molecule has 0 spiro atoms. The molecule has 0 fully saturated rings. The molecule has 2 rings (SSSR count). The van der Waals surface area contributed by atoms with Crippen LogP contribution in [0.3, 0.4) is 0 Å². The van der Waals surface area contributed by atoms with Gasteiger partial charge in [0.05, 0.1) is 5.69 Å². The second-order valence-corrected chi connectivity index (χ2v) is 2.45. The number of hydrogen-bond donors (Lipinski definition) is 0. The standard InChI is InChI=1S/C8H6N4/c1-6-7(5-9)12-8(11-6)3-2-4-10-12/h2-4H,1H3. The molecule has 12 heavy (non-hydrogen) atoms. The fourth-order valence-electron chi connectivity index (χ4n) is 1.13. The number of rotatable bonds is 0. The van der Waals surface area contributed by atoms with Crippen LogP contribution < -0.4 is 0 Å². The summed E-state index contributed by atoms with van der Waals surface area (Å²) in [5.41, 5.74) is 1.94. The minimum absolute atomic E-state index is 0.505. The third-order valence-electron chi connectivity index (χ3n) is 1.67. The maximum absolute atomic E-state index is 8.75.